The largest absolute Gasteiger partial charge is 0.354 e. The zero-order valence-electron chi connectivity index (χ0n) is 10.7. The van der Waals surface area contributed by atoms with Crippen LogP contribution in [0.4, 0.5) is 0 Å². The van der Waals surface area contributed by atoms with Gasteiger partial charge in [0, 0.05) is 18.8 Å². The minimum Gasteiger partial charge on any atom is -0.354 e. The summed E-state index contributed by atoms with van der Waals surface area (Å²) in [7, 11) is 0. The average Bonchev–Trinajstić information content (AvgIpc) is 2.84. The molecule has 2 N–H and O–H groups in total. The SMILES string of the molecule is O=C1NCCCC1NC1=NCC2(CCCC2)CS1. The third-order valence-corrected chi connectivity index (χ3v) is 5.60. The van der Waals surface area contributed by atoms with E-state index in [0.717, 1.165) is 31.1 Å². The minimum absolute atomic E-state index is 0.0670. The van der Waals surface area contributed by atoms with E-state index in [1.54, 1.807) is 0 Å². The molecule has 4 nitrogen and oxygen atoms in total. The fraction of sp³-hybridized carbons (Fsp3) is 0.846. The van der Waals surface area contributed by atoms with Crippen LogP contribution in [0.5, 0.6) is 0 Å². The molecule has 1 atom stereocenters. The lowest BCUT2D eigenvalue weighted by atomic mass is 9.89. The van der Waals surface area contributed by atoms with Gasteiger partial charge in [0.25, 0.3) is 0 Å². The van der Waals surface area contributed by atoms with Crippen LogP contribution >= 0.6 is 11.8 Å². The number of thioether (sulfide) groups is 1. The van der Waals surface area contributed by atoms with Crippen LogP contribution in [0.2, 0.25) is 0 Å². The van der Waals surface area contributed by atoms with Crippen molar-refractivity contribution in [2.75, 3.05) is 18.8 Å². The van der Waals surface area contributed by atoms with Gasteiger partial charge in [0.1, 0.15) is 6.04 Å². The van der Waals surface area contributed by atoms with Crippen LogP contribution in [-0.4, -0.2) is 36.0 Å². The molecule has 1 saturated carbocycles. The molecule has 2 aliphatic heterocycles. The Morgan fingerprint density at radius 2 is 2.17 bits per heavy atom. The van der Waals surface area contributed by atoms with Gasteiger partial charge in [0.15, 0.2) is 5.17 Å². The van der Waals surface area contributed by atoms with Gasteiger partial charge in [-0.2, -0.15) is 0 Å². The van der Waals surface area contributed by atoms with E-state index in [1.165, 1.54) is 31.4 Å². The second kappa shape index (κ2) is 5.11. The second-order valence-electron chi connectivity index (χ2n) is 5.75. The highest BCUT2D eigenvalue weighted by Crippen LogP contribution is 2.43. The van der Waals surface area contributed by atoms with E-state index in [9.17, 15) is 4.79 Å². The van der Waals surface area contributed by atoms with Gasteiger partial charge in [-0.15, -0.1) is 0 Å². The molecule has 1 unspecified atom stereocenters. The Balaban J connectivity index is 1.57. The van der Waals surface area contributed by atoms with Gasteiger partial charge in [-0.1, -0.05) is 24.6 Å². The average molecular weight is 267 g/mol. The molecule has 1 amide bonds. The predicted molar refractivity (Wildman–Crippen MR) is 74.8 cm³/mol. The Bertz CT molecular complexity index is 363. The Kier molecular flexibility index (Phi) is 3.50. The monoisotopic (exact) mass is 267 g/mol. The molecule has 0 radical (unpaired) electrons. The van der Waals surface area contributed by atoms with Crippen LogP contribution < -0.4 is 10.6 Å². The number of piperidine rings is 1. The summed E-state index contributed by atoms with van der Waals surface area (Å²) >= 11 is 1.81. The number of amidine groups is 1. The van der Waals surface area contributed by atoms with E-state index in [2.05, 4.69) is 15.6 Å². The maximum Gasteiger partial charge on any atom is 0.242 e. The summed E-state index contributed by atoms with van der Waals surface area (Å²) in [6.45, 7) is 1.77. The van der Waals surface area contributed by atoms with E-state index in [-0.39, 0.29) is 11.9 Å². The number of rotatable bonds is 1. The van der Waals surface area contributed by atoms with Crippen molar-refractivity contribution in [3.05, 3.63) is 0 Å². The lowest BCUT2D eigenvalue weighted by Gasteiger charge is -2.32. The summed E-state index contributed by atoms with van der Waals surface area (Å²) < 4.78 is 0. The van der Waals surface area contributed by atoms with Gasteiger partial charge in [0.05, 0.1) is 0 Å². The van der Waals surface area contributed by atoms with Crippen molar-refractivity contribution in [2.45, 2.75) is 44.6 Å². The molecule has 1 spiro atoms. The smallest absolute Gasteiger partial charge is 0.242 e. The highest BCUT2D eigenvalue weighted by Gasteiger charge is 2.37. The van der Waals surface area contributed by atoms with Crippen LogP contribution in [-0.2, 0) is 4.79 Å². The van der Waals surface area contributed by atoms with Crippen LogP contribution in [0.15, 0.2) is 4.99 Å². The van der Waals surface area contributed by atoms with Gasteiger partial charge in [0.2, 0.25) is 5.91 Å². The van der Waals surface area contributed by atoms with E-state index >= 15 is 0 Å². The molecule has 0 aromatic heterocycles. The maximum absolute atomic E-state index is 11.7. The van der Waals surface area contributed by atoms with Crippen molar-refractivity contribution < 1.29 is 4.79 Å². The minimum atomic E-state index is -0.0670. The van der Waals surface area contributed by atoms with Gasteiger partial charge >= 0.3 is 0 Å². The number of hydrogen-bond acceptors (Lipinski definition) is 4. The first-order valence-corrected chi connectivity index (χ1v) is 7.98. The van der Waals surface area contributed by atoms with E-state index in [4.69, 9.17) is 0 Å². The van der Waals surface area contributed by atoms with Crippen LogP contribution in [0.25, 0.3) is 0 Å². The molecule has 2 heterocycles. The number of hydrogen-bond donors (Lipinski definition) is 2. The van der Waals surface area contributed by atoms with Crippen LogP contribution in [0, 0.1) is 5.41 Å². The maximum atomic E-state index is 11.7. The molecule has 0 aromatic carbocycles. The van der Waals surface area contributed by atoms with Crippen molar-refractivity contribution >= 4 is 22.8 Å². The van der Waals surface area contributed by atoms with E-state index in [1.807, 2.05) is 11.8 Å². The molecule has 1 aliphatic carbocycles. The van der Waals surface area contributed by atoms with Crippen molar-refractivity contribution in [2.24, 2.45) is 10.4 Å². The normalized spacial score (nSPS) is 31.0. The van der Waals surface area contributed by atoms with Crippen LogP contribution in [0.3, 0.4) is 0 Å². The molecular weight excluding hydrogens is 246 g/mol. The number of carbonyl (C=O) groups excluding carboxylic acids is 1. The molecule has 0 bridgehead atoms. The third-order valence-electron chi connectivity index (χ3n) is 4.32. The lowest BCUT2D eigenvalue weighted by Crippen LogP contribution is -2.50. The van der Waals surface area contributed by atoms with Crippen molar-refractivity contribution in [3.63, 3.8) is 0 Å². The molecule has 18 heavy (non-hydrogen) atoms. The summed E-state index contributed by atoms with van der Waals surface area (Å²) in [6.07, 6.45) is 7.39. The Hall–Kier alpha value is -0.710. The Labute approximate surface area is 112 Å². The predicted octanol–water partition coefficient (Wildman–Crippen LogP) is 1.52. The first-order chi connectivity index (χ1) is 8.77. The number of amides is 1. The van der Waals surface area contributed by atoms with Crippen LogP contribution in [0.1, 0.15) is 38.5 Å². The summed E-state index contributed by atoms with van der Waals surface area (Å²) in [5, 5.41) is 7.20. The topological polar surface area (TPSA) is 53.5 Å². The zero-order valence-corrected chi connectivity index (χ0v) is 11.5. The van der Waals surface area contributed by atoms with Gasteiger partial charge in [-0.3, -0.25) is 9.79 Å². The number of nitrogens with one attached hydrogen (secondary N) is 2. The van der Waals surface area contributed by atoms with E-state index in [0.29, 0.717) is 5.41 Å². The zero-order chi connectivity index (χ0) is 12.4. The summed E-state index contributed by atoms with van der Waals surface area (Å²) in [4.78, 5) is 16.4. The molecule has 2 fully saturated rings. The molecule has 5 heteroatoms. The third kappa shape index (κ3) is 2.51. The first kappa shape index (κ1) is 12.3. The fourth-order valence-electron chi connectivity index (χ4n) is 3.13. The highest BCUT2D eigenvalue weighted by atomic mass is 32.2. The lowest BCUT2D eigenvalue weighted by molar-refractivity contribution is -0.124. The second-order valence-corrected chi connectivity index (χ2v) is 6.71. The first-order valence-electron chi connectivity index (χ1n) is 6.99. The van der Waals surface area contributed by atoms with Gasteiger partial charge < -0.3 is 10.6 Å². The summed E-state index contributed by atoms with van der Waals surface area (Å²) in [5.41, 5.74) is 0.477. The van der Waals surface area contributed by atoms with Crippen molar-refractivity contribution in [1.82, 2.24) is 10.6 Å². The highest BCUT2D eigenvalue weighted by molar-refractivity contribution is 8.13. The van der Waals surface area contributed by atoms with Gasteiger partial charge in [-0.05, 0) is 31.1 Å². The fourth-order valence-corrected chi connectivity index (χ4v) is 4.33. The quantitative estimate of drug-likeness (QED) is 0.757. The Morgan fingerprint density at radius 1 is 1.33 bits per heavy atom. The van der Waals surface area contributed by atoms with Crippen molar-refractivity contribution in [3.8, 4) is 0 Å². The summed E-state index contributed by atoms with van der Waals surface area (Å²) in [6, 6.07) is -0.0670. The summed E-state index contributed by atoms with van der Waals surface area (Å²) in [5.74, 6) is 1.30. The molecule has 0 aromatic rings. The van der Waals surface area contributed by atoms with Gasteiger partial charge in [-0.25, -0.2) is 0 Å². The molecule has 100 valence electrons. The molecule has 3 aliphatic rings. The number of aliphatic imine (C=N–C) groups is 1. The van der Waals surface area contributed by atoms with E-state index < -0.39 is 0 Å². The number of nitrogens with zero attached hydrogens (tertiary/aromatic N) is 1. The Morgan fingerprint density at radius 3 is 2.83 bits per heavy atom. The standard InChI is InChI=1S/C13H21N3OS/c17-11-10(4-3-7-14-11)16-12-15-8-13(9-18-12)5-1-2-6-13/h10H,1-9H2,(H,14,17)(H,15,16). The number of carbonyl (C=O) groups is 1. The molecule has 1 saturated heterocycles. The van der Waals surface area contributed by atoms with Crippen molar-refractivity contribution in [1.29, 1.82) is 0 Å². The molecule has 3 rings (SSSR count). The molecular formula is C13H21N3OS.